The van der Waals surface area contributed by atoms with Crippen LogP contribution in [0, 0.1) is 41.4 Å². The molecule has 8 rings (SSSR count). The number of methoxy groups -OCH3 is 2. The predicted octanol–water partition coefficient (Wildman–Crippen LogP) is 7.85. The first-order chi connectivity index (χ1) is 39.2. The predicted molar refractivity (Wildman–Crippen MR) is 303 cm³/mol. The molecular weight excluding hydrogens is 1050 g/mol. The van der Waals surface area contributed by atoms with Crippen molar-refractivity contribution in [2.45, 2.75) is 173 Å². The number of hydrogen-bond donors (Lipinski definition) is 4. The minimum Gasteiger partial charge on any atom is -0.504 e. The van der Waals surface area contributed by atoms with E-state index in [2.05, 4.69) is 16.7 Å². The van der Waals surface area contributed by atoms with E-state index in [1.807, 2.05) is 0 Å². The number of carbonyl (C=O) groups is 8. The summed E-state index contributed by atoms with van der Waals surface area (Å²) < 4.78 is 31.8. The summed E-state index contributed by atoms with van der Waals surface area (Å²) in [5.74, 6) is -2.91. The highest BCUT2D eigenvalue weighted by Crippen LogP contribution is 2.39. The van der Waals surface area contributed by atoms with Crippen LogP contribution in [-0.4, -0.2) is 134 Å². The van der Waals surface area contributed by atoms with Gasteiger partial charge in [-0.3, -0.25) is 38.4 Å². The van der Waals surface area contributed by atoms with Crippen LogP contribution in [0.2, 0.25) is 0 Å². The Morgan fingerprint density at radius 2 is 1.02 bits per heavy atom. The lowest BCUT2D eigenvalue weighted by molar-refractivity contribution is -0.135. The van der Waals surface area contributed by atoms with E-state index in [9.17, 15) is 48.6 Å². The number of amides is 2. The molecule has 2 aromatic rings. The summed E-state index contributed by atoms with van der Waals surface area (Å²) in [6.07, 6.45) is 13.7. The van der Waals surface area contributed by atoms with E-state index < -0.39 is 47.0 Å². The highest BCUT2D eigenvalue weighted by atomic mass is 16.6. The van der Waals surface area contributed by atoms with Gasteiger partial charge in [-0.1, -0.05) is 63.3 Å². The SMILES string of the molecule is COc1ccc(C[C@H](NC(=O)[C@@H](C)CC(=O)C2CCOCC2)C(=O)C[C@@H](CC2=CCCC2)C(=O)[C@@]2(C)CO2)cc1O.COc1ccc(C[C@H](NC(=O)[C@@H](C)CC(=O)C2CCOCC2)C(=O)C[C@@H](CC2CCCC2)C(=O)[C@@]2(C)CO2)cc1O. The van der Waals surface area contributed by atoms with Crippen molar-refractivity contribution >= 4 is 46.5 Å². The lowest BCUT2D eigenvalue weighted by Crippen LogP contribution is -2.46. The van der Waals surface area contributed by atoms with Gasteiger partial charge in [-0.2, -0.15) is 0 Å². The standard InChI is InChI=1S/C32H45NO8.C32H43NO8/c2*1-20(14-26(34)23-10-12-40-13-11-23)31(38)33-25(16-22-8-9-29(39-3)28(36)17-22)27(35)18-24(15-21-6-4-5-7-21)30(37)32(2)19-41-32/h8-9,17,20-21,23-25,36H,4-7,10-16,18-19H2,1-3H3,(H,33,38);6,8-9,17,20,23-25,36H,4-5,7,10-16,18-19H2,1-3H3,(H,33,38)/t2*20-,24+,25-,32+/m00/s1. The van der Waals surface area contributed by atoms with Crippen molar-refractivity contribution in [1.82, 2.24) is 10.6 Å². The summed E-state index contributed by atoms with van der Waals surface area (Å²) in [6.45, 7) is 9.82. The molecule has 5 fully saturated rings. The minimum atomic E-state index is -0.934. The van der Waals surface area contributed by atoms with Gasteiger partial charge < -0.3 is 49.3 Å². The molecule has 0 radical (unpaired) electrons. The van der Waals surface area contributed by atoms with Gasteiger partial charge in [0, 0.05) is 87.6 Å². The minimum absolute atomic E-state index is 0.0107. The van der Waals surface area contributed by atoms with Crippen molar-refractivity contribution in [2.24, 2.45) is 41.4 Å². The van der Waals surface area contributed by atoms with Gasteiger partial charge >= 0.3 is 0 Å². The van der Waals surface area contributed by atoms with Crippen LogP contribution in [0.1, 0.15) is 148 Å². The van der Waals surface area contributed by atoms with Gasteiger partial charge in [-0.25, -0.2) is 0 Å². The summed E-state index contributed by atoms with van der Waals surface area (Å²) in [5.41, 5.74) is 0.768. The quantitative estimate of drug-likeness (QED) is 0.0429. The number of phenolic OH excluding ortho intramolecular Hbond substituents is 2. The van der Waals surface area contributed by atoms with Gasteiger partial charge in [0.05, 0.1) is 39.5 Å². The van der Waals surface area contributed by atoms with Gasteiger partial charge in [0.15, 0.2) is 46.1 Å². The Kier molecular flexibility index (Phi) is 23.0. The third-order valence-corrected chi connectivity index (χ3v) is 17.6. The molecule has 2 amide bonds. The number of epoxide rings is 2. The molecule has 18 nitrogen and oxygen atoms in total. The second kappa shape index (κ2) is 29.6. The van der Waals surface area contributed by atoms with Crippen molar-refractivity contribution in [3.05, 3.63) is 59.2 Å². The average Bonchev–Trinajstić information content (AvgIpc) is 4.33. The van der Waals surface area contributed by atoms with Crippen LogP contribution in [0.3, 0.4) is 0 Å². The number of Topliss-reactive ketones (excluding diaryl/α,β-unsaturated/α-hetero) is 6. The van der Waals surface area contributed by atoms with Crippen LogP contribution in [0.4, 0.5) is 0 Å². The van der Waals surface area contributed by atoms with Gasteiger partial charge in [0.2, 0.25) is 11.8 Å². The molecule has 4 aliphatic heterocycles. The average molecular weight is 1140 g/mol. The molecule has 4 saturated heterocycles. The third-order valence-electron chi connectivity index (χ3n) is 17.6. The number of hydrogen-bond acceptors (Lipinski definition) is 16. The number of benzene rings is 2. The summed E-state index contributed by atoms with van der Waals surface area (Å²) in [5, 5.41) is 26.4. The number of rotatable bonds is 30. The Labute approximate surface area is 482 Å². The molecule has 82 heavy (non-hydrogen) atoms. The number of ketones is 6. The molecule has 2 aliphatic carbocycles. The van der Waals surface area contributed by atoms with Crippen molar-refractivity contribution < 1.29 is 77.0 Å². The van der Waals surface area contributed by atoms with Gasteiger partial charge in [0.1, 0.15) is 22.8 Å². The first-order valence-corrected chi connectivity index (χ1v) is 29.8. The number of ether oxygens (including phenoxy) is 6. The van der Waals surface area contributed by atoms with Gasteiger partial charge in [-0.05, 0) is 126 Å². The molecular formula is C64H88N2O16. The molecule has 0 bridgehead atoms. The third kappa shape index (κ3) is 18.1. The number of allylic oxidation sites excluding steroid dienone is 2. The smallest absolute Gasteiger partial charge is 0.223 e. The number of carbonyl (C=O) groups excluding carboxylic acids is 8. The topological polar surface area (TPSA) is 263 Å². The molecule has 1 saturated carbocycles. The van der Waals surface area contributed by atoms with Crippen molar-refractivity contribution in [1.29, 1.82) is 0 Å². The Balaban J connectivity index is 0.000000236. The monoisotopic (exact) mass is 1140 g/mol. The first kappa shape index (κ1) is 63.8. The number of aromatic hydroxyl groups is 2. The van der Waals surface area contributed by atoms with Gasteiger partial charge in [-0.15, -0.1) is 0 Å². The summed E-state index contributed by atoms with van der Waals surface area (Å²) in [6, 6.07) is 7.86. The largest absolute Gasteiger partial charge is 0.504 e. The fraction of sp³-hybridized carbons (Fsp3) is 0.656. The summed E-state index contributed by atoms with van der Waals surface area (Å²) in [4.78, 5) is 107. The van der Waals surface area contributed by atoms with E-state index in [-0.39, 0.29) is 108 Å². The van der Waals surface area contributed by atoms with E-state index in [0.29, 0.717) is 107 Å². The zero-order chi connectivity index (χ0) is 59.1. The molecule has 6 aliphatic rings. The van der Waals surface area contributed by atoms with Crippen LogP contribution in [0.25, 0.3) is 0 Å². The number of phenols is 2. The van der Waals surface area contributed by atoms with E-state index in [4.69, 9.17) is 28.4 Å². The Bertz CT molecular complexity index is 2620. The molecule has 0 aromatic heterocycles. The maximum atomic E-state index is 13.8. The molecule has 450 valence electrons. The lowest BCUT2D eigenvalue weighted by atomic mass is 9.81. The maximum Gasteiger partial charge on any atom is 0.223 e. The molecule has 0 unspecified atom stereocenters. The fourth-order valence-electron chi connectivity index (χ4n) is 12.0. The second-order valence-electron chi connectivity index (χ2n) is 24.3. The van der Waals surface area contributed by atoms with Crippen molar-refractivity contribution in [3.8, 4) is 23.0 Å². The highest BCUT2D eigenvalue weighted by Gasteiger charge is 2.51. The Morgan fingerprint density at radius 3 is 1.41 bits per heavy atom. The molecule has 0 spiro atoms. The molecule has 2 aromatic carbocycles. The zero-order valence-corrected chi connectivity index (χ0v) is 49.0. The summed E-state index contributed by atoms with van der Waals surface area (Å²) in [7, 11) is 2.90. The van der Waals surface area contributed by atoms with E-state index in [1.54, 1.807) is 52.0 Å². The van der Waals surface area contributed by atoms with Crippen molar-refractivity contribution in [2.75, 3.05) is 53.9 Å². The van der Waals surface area contributed by atoms with E-state index in [0.717, 1.165) is 44.9 Å². The number of nitrogens with one attached hydrogen (secondary N) is 2. The van der Waals surface area contributed by atoms with E-state index >= 15 is 0 Å². The molecule has 4 heterocycles. The Morgan fingerprint density at radius 1 is 0.598 bits per heavy atom. The molecule has 8 atom stereocenters. The fourth-order valence-corrected chi connectivity index (χ4v) is 12.0. The van der Waals surface area contributed by atoms with Crippen LogP contribution in [0.5, 0.6) is 23.0 Å². The van der Waals surface area contributed by atoms with Crippen LogP contribution in [0.15, 0.2) is 48.0 Å². The summed E-state index contributed by atoms with van der Waals surface area (Å²) >= 11 is 0. The van der Waals surface area contributed by atoms with Crippen LogP contribution in [-0.2, 0) is 70.1 Å². The van der Waals surface area contributed by atoms with Crippen LogP contribution >= 0.6 is 0 Å². The maximum absolute atomic E-state index is 13.8. The normalized spacial score (nSPS) is 23.1. The second-order valence-corrected chi connectivity index (χ2v) is 24.3. The van der Waals surface area contributed by atoms with Crippen molar-refractivity contribution in [3.63, 3.8) is 0 Å². The molecule has 18 heteroatoms. The first-order valence-electron chi connectivity index (χ1n) is 29.8. The van der Waals surface area contributed by atoms with Gasteiger partial charge in [0.25, 0.3) is 0 Å². The van der Waals surface area contributed by atoms with Crippen LogP contribution < -0.4 is 20.1 Å². The van der Waals surface area contributed by atoms with E-state index in [1.165, 1.54) is 31.9 Å². The highest BCUT2D eigenvalue weighted by molar-refractivity contribution is 5.99. The Hall–Kier alpha value is -5.82. The zero-order valence-electron chi connectivity index (χ0n) is 49.0. The lowest BCUT2D eigenvalue weighted by Gasteiger charge is -2.25. The molecule has 4 N–H and O–H groups in total.